The molecule has 98 valence electrons. The van der Waals surface area contributed by atoms with Gasteiger partial charge in [-0.15, -0.1) is 11.8 Å². The number of hydrogen-bond donors (Lipinski definition) is 0. The van der Waals surface area contributed by atoms with Crippen molar-refractivity contribution in [3.8, 4) is 0 Å². The maximum Gasteiger partial charge on any atom is 0.333 e. The zero-order valence-corrected chi connectivity index (χ0v) is 10.9. The van der Waals surface area contributed by atoms with Crippen molar-refractivity contribution < 1.29 is 23.9 Å². The van der Waals surface area contributed by atoms with Gasteiger partial charge in [-0.3, -0.25) is 4.79 Å². The zero-order chi connectivity index (χ0) is 13.3. The van der Waals surface area contributed by atoms with Gasteiger partial charge in [0.15, 0.2) is 6.04 Å². The fourth-order valence-corrected chi connectivity index (χ4v) is 3.32. The number of carbonyl (C=O) groups excluding carboxylic acids is 3. The highest BCUT2D eigenvalue weighted by atomic mass is 32.2. The Labute approximate surface area is 108 Å². The lowest BCUT2D eigenvalue weighted by Crippen LogP contribution is -2.54. The highest BCUT2D eigenvalue weighted by Crippen LogP contribution is 2.46. The second-order valence-electron chi connectivity index (χ2n) is 3.80. The molecule has 0 aromatic carbocycles. The van der Waals surface area contributed by atoms with E-state index >= 15 is 0 Å². The monoisotopic (exact) mass is 271 g/mol. The minimum Gasteiger partial charge on any atom is -0.467 e. The van der Waals surface area contributed by atoms with E-state index in [-0.39, 0.29) is 17.9 Å². The third-order valence-corrected chi connectivity index (χ3v) is 4.02. The average Bonchev–Trinajstić information content (AvgIpc) is 2.61. The van der Waals surface area contributed by atoms with Crippen LogP contribution in [0.2, 0.25) is 0 Å². The first-order chi connectivity index (χ1) is 8.58. The van der Waals surface area contributed by atoms with Gasteiger partial charge in [-0.2, -0.15) is 0 Å². The Morgan fingerprint density at radius 1 is 1.56 bits per heavy atom. The van der Waals surface area contributed by atoms with Crippen molar-refractivity contribution >= 4 is 29.6 Å². The summed E-state index contributed by atoms with van der Waals surface area (Å²) in [4.78, 5) is 36.5. The van der Waals surface area contributed by atoms with Crippen molar-refractivity contribution in [2.45, 2.75) is 24.8 Å². The van der Waals surface area contributed by atoms with E-state index in [2.05, 4.69) is 4.74 Å². The minimum absolute atomic E-state index is 0.0673. The average molecular weight is 271 g/mol. The van der Waals surface area contributed by atoms with Crippen molar-refractivity contribution in [2.24, 2.45) is 0 Å². The number of hydrogen-bond acceptors (Lipinski definition) is 6. The van der Waals surface area contributed by atoms with Crippen LogP contribution in [0.1, 0.15) is 13.3 Å². The van der Waals surface area contributed by atoms with Gasteiger partial charge in [0.05, 0.1) is 25.5 Å². The predicted molar refractivity (Wildman–Crippen MR) is 63.4 cm³/mol. The summed E-state index contributed by atoms with van der Waals surface area (Å²) in [6.45, 7) is 1.97. The van der Waals surface area contributed by atoms with Gasteiger partial charge in [0.1, 0.15) is 0 Å². The highest BCUT2D eigenvalue weighted by Gasteiger charge is 2.52. The molecule has 2 rings (SSSR count). The first-order valence-corrected chi connectivity index (χ1v) is 6.40. The van der Waals surface area contributed by atoms with Crippen LogP contribution in [0.5, 0.6) is 0 Å². The summed E-state index contributed by atoms with van der Waals surface area (Å²) in [5.74, 6) is -1.15. The summed E-state index contributed by atoms with van der Waals surface area (Å²) in [6.07, 6.45) is 1.65. The van der Waals surface area contributed by atoms with E-state index in [0.29, 0.717) is 11.3 Å². The summed E-state index contributed by atoms with van der Waals surface area (Å²) in [6, 6.07) is -0.796. The molecule has 2 unspecified atom stereocenters. The molecule has 0 aromatic heterocycles. The summed E-state index contributed by atoms with van der Waals surface area (Å²) in [5, 5.41) is -0.0673. The Hall–Kier alpha value is -1.50. The SMILES string of the molecule is CCOC(=O)C=C1SC2CC(=O)N2C1C(=O)OC. The first-order valence-electron chi connectivity index (χ1n) is 5.52. The fraction of sp³-hybridized carbons (Fsp3) is 0.545. The largest absolute Gasteiger partial charge is 0.467 e. The molecule has 1 amide bonds. The Balaban J connectivity index is 2.21. The number of esters is 2. The van der Waals surface area contributed by atoms with Crippen LogP contribution in [0.4, 0.5) is 0 Å². The smallest absolute Gasteiger partial charge is 0.333 e. The van der Waals surface area contributed by atoms with E-state index in [1.807, 2.05) is 0 Å². The van der Waals surface area contributed by atoms with Crippen molar-refractivity contribution in [1.29, 1.82) is 0 Å². The van der Waals surface area contributed by atoms with E-state index in [1.54, 1.807) is 6.92 Å². The van der Waals surface area contributed by atoms with Crippen molar-refractivity contribution in [3.63, 3.8) is 0 Å². The fourth-order valence-electron chi connectivity index (χ4n) is 1.92. The predicted octanol–water partition coefficient (Wildman–Crippen LogP) is 0.280. The van der Waals surface area contributed by atoms with Gasteiger partial charge < -0.3 is 14.4 Å². The molecule has 2 fully saturated rings. The second-order valence-corrected chi connectivity index (χ2v) is 5.05. The minimum atomic E-state index is -0.796. The van der Waals surface area contributed by atoms with Gasteiger partial charge >= 0.3 is 11.9 Å². The van der Waals surface area contributed by atoms with Crippen LogP contribution >= 0.6 is 11.8 Å². The lowest BCUT2D eigenvalue weighted by atomic mass is 10.1. The Morgan fingerprint density at radius 3 is 2.83 bits per heavy atom. The molecular formula is C11H13NO5S. The molecule has 0 saturated carbocycles. The number of thioether (sulfide) groups is 1. The quantitative estimate of drug-likeness (QED) is 0.417. The Bertz CT molecular complexity index is 433. The third kappa shape index (κ3) is 2.10. The van der Waals surface area contributed by atoms with Gasteiger partial charge in [0.25, 0.3) is 0 Å². The number of carbonyl (C=O) groups is 3. The molecule has 0 radical (unpaired) electrons. The first kappa shape index (κ1) is 12.9. The number of fused-ring (bicyclic) bond motifs is 1. The molecule has 0 aliphatic carbocycles. The van der Waals surface area contributed by atoms with Crippen molar-refractivity contribution in [1.82, 2.24) is 4.90 Å². The van der Waals surface area contributed by atoms with Crippen LogP contribution in [-0.2, 0) is 23.9 Å². The van der Waals surface area contributed by atoms with E-state index in [1.165, 1.54) is 29.8 Å². The van der Waals surface area contributed by atoms with Gasteiger partial charge in [0, 0.05) is 11.0 Å². The summed E-state index contributed by atoms with van der Waals surface area (Å²) >= 11 is 1.33. The van der Waals surface area contributed by atoms with Crippen LogP contribution in [-0.4, -0.2) is 47.9 Å². The van der Waals surface area contributed by atoms with Crippen LogP contribution in [0.25, 0.3) is 0 Å². The molecule has 0 spiro atoms. The molecule has 0 aromatic rings. The number of rotatable bonds is 3. The van der Waals surface area contributed by atoms with Gasteiger partial charge in [-0.25, -0.2) is 9.59 Å². The lowest BCUT2D eigenvalue weighted by molar-refractivity contribution is -0.156. The van der Waals surface area contributed by atoms with Gasteiger partial charge in [-0.05, 0) is 6.92 Å². The molecule has 0 bridgehead atoms. The summed E-state index contributed by atoms with van der Waals surface area (Å²) < 4.78 is 9.47. The number of amides is 1. The van der Waals surface area contributed by atoms with Gasteiger partial charge in [-0.1, -0.05) is 0 Å². The van der Waals surface area contributed by atoms with E-state index in [9.17, 15) is 14.4 Å². The standard InChI is InChI=1S/C11H13NO5S/c1-3-17-9(14)4-6-10(11(15)16-2)12-7(13)5-8(12)18-6/h4,8,10H,3,5H2,1-2H3. The van der Waals surface area contributed by atoms with E-state index in [4.69, 9.17) is 4.74 Å². The lowest BCUT2D eigenvalue weighted by Gasteiger charge is -2.35. The van der Waals surface area contributed by atoms with Crippen molar-refractivity contribution in [3.05, 3.63) is 11.0 Å². The molecule has 2 heterocycles. The summed E-state index contributed by atoms with van der Waals surface area (Å²) in [5.41, 5.74) is 0. The molecule has 18 heavy (non-hydrogen) atoms. The summed E-state index contributed by atoms with van der Waals surface area (Å²) in [7, 11) is 1.26. The molecule has 2 atom stereocenters. The number of nitrogens with zero attached hydrogens (tertiary/aromatic N) is 1. The van der Waals surface area contributed by atoms with Crippen LogP contribution < -0.4 is 0 Å². The number of β-lactam (4-membered cyclic amide) rings is 1. The molecule has 2 aliphatic heterocycles. The number of ether oxygens (including phenoxy) is 2. The third-order valence-electron chi connectivity index (χ3n) is 2.74. The van der Waals surface area contributed by atoms with Crippen molar-refractivity contribution in [2.75, 3.05) is 13.7 Å². The van der Waals surface area contributed by atoms with E-state index in [0.717, 1.165) is 0 Å². The molecule has 2 saturated heterocycles. The molecular weight excluding hydrogens is 258 g/mol. The van der Waals surface area contributed by atoms with Gasteiger partial charge in [0.2, 0.25) is 5.91 Å². The Morgan fingerprint density at radius 2 is 2.28 bits per heavy atom. The zero-order valence-electron chi connectivity index (χ0n) is 10.0. The van der Waals surface area contributed by atoms with Crippen LogP contribution in [0, 0.1) is 0 Å². The molecule has 7 heteroatoms. The molecule has 6 nitrogen and oxygen atoms in total. The molecule has 2 aliphatic rings. The second kappa shape index (κ2) is 5.01. The number of methoxy groups -OCH3 is 1. The maximum absolute atomic E-state index is 11.7. The highest BCUT2D eigenvalue weighted by molar-refractivity contribution is 8.04. The van der Waals surface area contributed by atoms with Crippen LogP contribution in [0.3, 0.4) is 0 Å². The van der Waals surface area contributed by atoms with E-state index < -0.39 is 18.0 Å². The topological polar surface area (TPSA) is 72.9 Å². The molecule has 0 N–H and O–H groups in total. The maximum atomic E-state index is 11.7. The van der Waals surface area contributed by atoms with Crippen LogP contribution in [0.15, 0.2) is 11.0 Å². The Kier molecular flexibility index (Phi) is 3.60. The normalized spacial score (nSPS) is 27.8.